The molecule has 0 atom stereocenters. The van der Waals surface area contributed by atoms with Crippen molar-refractivity contribution in [3.05, 3.63) is 35.1 Å². The number of benzene rings is 1. The highest BCUT2D eigenvalue weighted by Gasteiger charge is 2.07. The Hall–Kier alpha value is -1.64. The number of halogens is 1. The van der Waals surface area contributed by atoms with Gasteiger partial charge in [0.15, 0.2) is 0 Å². The van der Waals surface area contributed by atoms with Crippen molar-refractivity contribution in [2.24, 2.45) is 0 Å². The molecule has 0 aliphatic heterocycles. The molecule has 1 aromatic carbocycles. The predicted octanol–water partition coefficient (Wildman–Crippen LogP) is 3.03. The van der Waals surface area contributed by atoms with Crippen LogP contribution in [-0.4, -0.2) is 12.0 Å². The van der Waals surface area contributed by atoms with Crippen LogP contribution in [0.3, 0.4) is 0 Å². The van der Waals surface area contributed by atoms with Crippen LogP contribution in [0, 0.1) is 19.7 Å². The van der Waals surface area contributed by atoms with Crippen LogP contribution in [0.25, 0.3) is 10.9 Å². The van der Waals surface area contributed by atoms with Crippen LogP contribution in [0.1, 0.15) is 11.1 Å². The standard InChI is InChI=1S/C12H13FN2/c1-7-4-5-10(13)11-9(7)6-8(2)12(14-3)15-11/h4-6H,1-3H3,(H,14,15). The topological polar surface area (TPSA) is 24.9 Å². The largest absolute Gasteiger partial charge is 0.373 e. The minimum Gasteiger partial charge on any atom is -0.373 e. The molecule has 15 heavy (non-hydrogen) atoms. The zero-order chi connectivity index (χ0) is 11.0. The van der Waals surface area contributed by atoms with Gasteiger partial charge in [-0.2, -0.15) is 0 Å². The second-order valence-corrected chi connectivity index (χ2v) is 3.66. The fraction of sp³-hybridized carbons (Fsp3) is 0.250. The third-order valence-electron chi connectivity index (χ3n) is 2.58. The quantitative estimate of drug-likeness (QED) is 0.772. The molecule has 0 saturated heterocycles. The third kappa shape index (κ3) is 1.54. The molecule has 0 amide bonds. The lowest BCUT2D eigenvalue weighted by Gasteiger charge is -2.08. The van der Waals surface area contributed by atoms with Gasteiger partial charge < -0.3 is 5.32 Å². The Morgan fingerprint density at radius 3 is 2.60 bits per heavy atom. The van der Waals surface area contributed by atoms with Crippen molar-refractivity contribution in [1.82, 2.24) is 4.98 Å². The molecule has 0 aliphatic carbocycles. The van der Waals surface area contributed by atoms with Gasteiger partial charge in [-0.3, -0.25) is 0 Å². The number of aromatic nitrogens is 1. The van der Waals surface area contributed by atoms with E-state index in [9.17, 15) is 4.39 Å². The first-order valence-electron chi connectivity index (χ1n) is 4.87. The lowest BCUT2D eigenvalue weighted by atomic mass is 10.1. The van der Waals surface area contributed by atoms with Crippen molar-refractivity contribution in [3.63, 3.8) is 0 Å². The predicted molar refractivity (Wildman–Crippen MR) is 60.7 cm³/mol. The Bertz CT molecular complexity index is 521. The monoisotopic (exact) mass is 204 g/mol. The molecule has 1 heterocycles. The maximum absolute atomic E-state index is 13.5. The molecule has 2 nitrogen and oxygen atoms in total. The minimum absolute atomic E-state index is 0.271. The van der Waals surface area contributed by atoms with Crippen LogP contribution < -0.4 is 5.32 Å². The molecule has 0 saturated carbocycles. The van der Waals surface area contributed by atoms with Gasteiger partial charge in [0.25, 0.3) is 0 Å². The highest BCUT2D eigenvalue weighted by atomic mass is 19.1. The van der Waals surface area contributed by atoms with Crippen LogP contribution in [0.5, 0.6) is 0 Å². The Balaban J connectivity index is 2.86. The van der Waals surface area contributed by atoms with Gasteiger partial charge in [0.2, 0.25) is 0 Å². The highest BCUT2D eigenvalue weighted by Crippen LogP contribution is 2.24. The summed E-state index contributed by atoms with van der Waals surface area (Å²) in [5.41, 5.74) is 2.51. The fourth-order valence-electron chi connectivity index (χ4n) is 1.72. The first-order valence-corrected chi connectivity index (χ1v) is 4.87. The average Bonchev–Trinajstić information content (AvgIpc) is 2.23. The maximum Gasteiger partial charge on any atom is 0.149 e. The van der Waals surface area contributed by atoms with Crippen molar-refractivity contribution < 1.29 is 4.39 Å². The highest BCUT2D eigenvalue weighted by molar-refractivity contribution is 5.85. The molecule has 1 aromatic heterocycles. The van der Waals surface area contributed by atoms with Gasteiger partial charge in [-0.15, -0.1) is 0 Å². The Labute approximate surface area is 88.1 Å². The maximum atomic E-state index is 13.5. The van der Waals surface area contributed by atoms with Crippen LogP contribution in [0.2, 0.25) is 0 Å². The Kier molecular flexibility index (Phi) is 2.31. The summed E-state index contributed by atoms with van der Waals surface area (Å²) >= 11 is 0. The van der Waals surface area contributed by atoms with Gasteiger partial charge in [-0.1, -0.05) is 6.07 Å². The van der Waals surface area contributed by atoms with E-state index in [2.05, 4.69) is 10.3 Å². The van der Waals surface area contributed by atoms with Crippen LogP contribution in [0.15, 0.2) is 18.2 Å². The fourth-order valence-corrected chi connectivity index (χ4v) is 1.72. The number of nitrogens with zero attached hydrogens (tertiary/aromatic N) is 1. The summed E-state index contributed by atoms with van der Waals surface area (Å²) in [6.07, 6.45) is 0. The van der Waals surface area contributed by atoms with Crippen molar-refractivity contribution >= 4 is 16.7 Å². The Morgan fingerprint density at radius 2 is 1.93 bits per heavy atom. The van der Waals surface area contributed by atoms with E-state index in [-0.39, 0.29) is 5.82 Å². The van der Waals surface area contributed by atoms with Crippen molar-refractivity contribution in [3.8, 4) is 0 Å². The van der Waals surface area contributed by atoms with Crippen molar-refractivity contribution in [2.75, 3.05) is 12.4 Å². The van der Waals surface area contributed by atoms with Crippen LogP contribution >= 0.6 is 0 Å². The molecule has 3 heteroatoms. The Morgan fingerprint density at radius 1 is 1.20 bits per heavy atom. The van der Waals surface area contributed by atoms with E-state index in [1.165, 1.54) is 6.07 Å². The molecule has 2 rings (SSSR count). The third-order valence-corrected chi connectivity index (χ3v) is 2.58. The summed E-state index contributed by atoms with van der Waals surface area (Å²) in [7, 11) is 1.79. The van der Waals surface area contributed by atoms with E-state index in [1.807, 2.05) is 19.9 Å². The van der Waals surface area contributed by atoms with Gasteiger partial charge >= 0.3 is 0 Å². The SMILES string of the molecule is CNc1nc2c(F)ccc(C)c2cc1C. The zero-order valence-corrected chi connectivity index (χ0v) is 9.06. The second kappa shape index (κ2) is 3.50. The molecule has 0 aliphatic rings. The number of hydrogen-bond acceptors (Lipinski definition) is 2. The van der Waals surface area contributed by atoms with E-state index in [0.29, 0.717) is 5.52 Å². The number of pyridine rings is 1. The van der Waals surface area contributed by atoms with Crippen LogP contribution in [-0.2, 0) is 0 Å². The zero-order valence-electron chi connectivity index (χ0n) is 9.06. The van der Waals surface area contributed by atoms with Gasteiger partial charge in [0.05, 0.1) is 0 Å². The summed E-state index contributed by atoms with van der Waals surface area (Å²) in [6.45, 7) is 3.92. The van der Waals surface area contributed by atoms with Crippen molar-refractivity contribution in [1.29, 1.82) is 0 Å². The molecule has 0 spiro atoms. The second-order valence-electron chi connectivity index (χ2n) is 3.66. The molecule has 1 N–H and O–H groups in total. The van der Waals surface area contributed by atoms with Crippen molar-refractivity contribution in [2.45, 2.75) is 13.8 Å². The smallest absolute Gasteiger partial charge is 0.149 e. The first-order chi connectivity index (χ1) is 7.13. The van der Waals surface area contributed by atoms with E-state index in [4.69, 9.17) is 0 Å². The molecule has 0 radical (unpaired) electrons. The van der Waals surface area contributed by atoms with Crippen LogP contribution in [0.4, 0.5) is 10.2 Å². The average molecular weight is 204 g/mol. The van der Waals surface area contributed by atoms with E-state index in [0.717, 1.165) is 22.3 Å². The van der Waals surface area contributed by atoms with Gasteiger partial charge in [-0.25, -0.2) is 9.37 Å². The summed E-state index contributed by atoms with van der Waals surface area (Å²) in [5, 5.41) is 3.84. The number of hydrogen-bond donors (Lipinski definition) is 1. The number of fused-ring (bicyclic) bond motifs is 1. The number of aryl methyl sites for hydroxylation is 2. The number of anilines is 1. The number of rotatable bonds is 1. The molecule has 0 unspecified atom stereocenters. The molecular weight excluding hydrogens is 191 g/mol. The van der Waals surface area contributed by atoms with E-state index in [1.54, 1.807) is 13.1 Å². The lowest BCUT2D eigenvalue weighted by molar-refractivity contribution is 0.636. The molecule has 0 bridgehead atoms. The lowest BCUT2D eigenvalue weighted by Crippen LogP contribution is -1.98. The van der Waals surface area contributed by atoms with E-state index >= 15 is 0 Å². The summed E-state index contributed by atoms with van der Waals surface area (Å²) in [6, 6.07) is 5.20. The molecule has 78 valence electrons. The molecular formula is C12H13FN2. The summed E-state index contributed by atoms with van der Waals surface area (Å²) in [4.78, 5) is 4.27. The molecule has 2 aromatic rings. The summed E-state index contributed by atoms with van der Waals surface area (Å²) in [5.74, 6) is 0.458. The van der Waals surface area contributed by atoms with E-state index < -0.39 is 0 Å². The minimum atomic E-state index is -0.271. The first kappa shape index (κ1) is 9.90. The summed E-state index contributed by atoms with van der Waals surface area (Å²) < 4.78 is 13.5. The number of nitrogens with one attached hydrogen (secondary N) is 1. The van der Waals surface area contributed by atoms with Gasteiger partial charge in [0.1, 0.15) is 17.2 Å². The normalized spacial score (nSPS) is 10.7. The molecule has 0 fully saturated rings. The van der Waals surface area contributed by atoms with Gasteiger partial charge in [0, 0.05) is 12.4 Å². The van der Waals surface area contributed by atoms with Gasteiger partial charge in [-0.05, 0) is 37.1 Å².